The third kappa shape index (κ3) is 7.91. The molecule has 5 heteroatoms. The van der Waals surface area contributed by atoms with Crippen LogP contribution in [0.15, 0.2) is 30.3 Å². The first kappa shape index (κ1) is 25.8. The molecule has 1 amide bonds. The van der Waals surface area contributed by atoms with Crippen LogP contribution < -0.4 is 5.32 Å². The number of carbonyl (C=O) groups excluding carboxylic acids is 1. The molecule has 0 aliphatic rings. The molecule has 30 heavy (non-hydrogen) atoms. The molecule has 2 rings (SSSR count). The Morgan fingerprint density at radius 1 is 0.900 bits per heavy atom. The van der Waals surface area contributed by atoms with E-state index in [1.54, 1.807) is 12.1 Å². The summed E-state index contributed by atoms with van der Waals surface area (Å²) in [6, 6.07) is 9.46. The fraction of sp³-hybridized carbons (Fsp3) is 0.480. The Labute approximate surface area is 186 Å². The number of phenols is 2. The van der Waals surface area contributed by atoms with Crippen LogP contribution in [0.3, 0.4) is 0 Å². The molecule has 3 N–H and O–H groups in total. The molecule has 0 aromatic heterocycles. The first-order valence-corrected chi connectivity index (χ1v) is 10.7. The minimum atomic E-state index is -0.239. The highest BCUT2D eigenvalue weighted by Crippen LogP contribution is 2.32. The molecule has 2 aromatic rings. The number of halogens is 1. The lowest BCUT2D eigenvalue weighted by molar-refractivity contribution is -0.118. The second kappa shape index (κ2) is 10.2. The highest BCUT2D eigenvalue weighted by molar-refractivity contribution is 6.27. The summed E-state index contributed by atoms with van der Waals surface area (Å²) in [5.74, 6) is 0.267. The molecule has 0 aliphatic heterocycles. The Bertz CT molecular complexity index is 857. The third-order valence-electron chi connectivity index (χ3n) is 4.69. The summed E-state index contributed by atoms with van der Waals surface area (Å²) < 4.78 is 0. The molecule has 0 bridgehead atoms. The standard InChI is InChI=1S/C14H20ClNO2.C11H16O/c1-9-5-11(14(2,3)4)10(12(17)6-9)8-16-13(18)7-15;1-8-5-9(11(2,3)4)7-10(12)6-8/h5-6,17H,7-8H2,1-4H3,(H,16,18);5-7,12H,1-4H3. The molecule has 0 saturated heterocycles. The second-order valence-corrected chi connectivity index (χ2v) is 10.0. The van der Waals surface area contributed by atoms with Gasteiger partial charge in [-0.05, 0) is 65.1 Å². The van der Waals surface area contributed by atoms with E-state index >= 15 is 0 Å². The first-order chi connectivity index (χ1) is 13.6. The summed E-state index contributed by atoms with van der Waals surface area (Å²) in [7, 11) is 0. The first-order valence-electron chi connectivity index (χ1n) is 10.1. The van der Waals surface area contributed by atoms with Gasteiger partial charge in [-0.15, -0.1) is 11.6 Å². The maximum Gasteiger partial charge on any atom is 0.235 e. The lowest BCUT2D eigenvalue weighted by atomic mass is 9.82. The number of aromatic hydroxyl groups is 2. The van der Waals surface area contributed by atoms with Crippen molar-refractivity contribution in [2.24, 2.45) is 0 Å². The largest absolute Gasteiger partial charge is 0.508 e. The van der Waals surface area contributed by atoms with Gasteiger partial charge in [-0.3, -0.25) is 4.79 Å². The zero-order valence-corrected chi connectivity index (χ0v) is 20.2. The summed E-state index contributed by atoms with van der Waals surface area (Å²) in [5.41, 5.74) is 5.11. The molecule has 0 heterocycles. The van der Waals surface area contributed by atoms with Crippen molar-refractivity contribution in [1.29, 1.82) is 0 Å². The Kier molecular flexibility index (Phi) is 8.79. The van der Waals surface area contributed by atoms with Crippen LogP contribution >= 0.6 is 11.6 Å². The molecular formula is C25H36ClNO3. The van der Waals surface area contributed by atoms with Crippen LogP contribution in [-0.2, 0) is 22.2 Å². The molecular weight excluding hydrogens is 398 g/mol. The van der Waals surface area contributed by atoms with Gasteiger partial charge in [0, 0.05) is 12.1 Å². The van der Waals surface area contributed by atoms with E-state index in [2.05, 4.69) is 52.9 Å². The Morgan fingerprint density at radius 2 is 1.47 bits per heavy atom. The van der Waals surface area contributed by atoms with Gasteiger partial charge in [-0.25, -0.2) is 0 Å². The quantitative estimate of drug-likeness (QED) is 0.531. The van der Waals surface area contributed by atoms with E-state index in [0.717, 1.165) is 22.3 Å². The maximum absolute atomic E-state index is 11.2. The van der Waals surface area contributed by atoms with E-state index < -0.39 is 0 Å². The van der Waals surface area contributed by atoms with Crippen molar-refractivity contribution in [3.05, 3.63) is 58.1 Å². The molecule has 0 unspecified atom stereocenters. The maximum atomic E-state index is 11.2. The number of hydrogen-bond acceptors (Lipinski definition) is 3. The molecule has 166 valence electrons. The van der Waals surface area contributed by atoms with Crippen molar-refractivity contribution < 1.29 is 15.0 Å². The van der Waals surface area contributed by atoms with Gasteiger partial charge in [0.2, 0.25) is 5.91 Å². The van der Waals surface area contributed by atoms with Crippen LogP contribution in [0.2, 0.25) is 0 Å². The van der Waals surface area contributed by atoms with E-state index in [0.29, 0.717) is 12.3 Å². The summed E-state index contributed by atoms with van der Waals surface area (Å²) in [6.07, 6.45) is 0. The van der Waals surface area contributed by atoms with Gasteiger partial charge in [0.25, 0.3) is 0 Å². The van der Waals surface area contributed by atoms with Crippen LogP contribution in [0.5, 0.6) is 11.5 Å². The molecule has 2 aromatic carbocycles. The zero-order valence-electron chi connectivity index (χ0n) is 19.5. The van der Waals surface area contributed by atoms with Gasteiger partial charge in [0.05, 0.1) is 0 Å². The minimum Gasteiger partial charge on any atom is -0.508 e. The van der Waals surface area contributed by atoms with E-state index in [4.69, 9.17) is 11.6 Å². The van der Waals surface area contributed by atoms with Gasteiger partial charge >= 0.3 is 0 Å². The number of benzene rings is 2. The zero-order chi connectivity index (χ0) is 23.3. The van der Waals surface area contributed by atoms with Gasteiger partial charge in [-0.1, -0.05) is 53.7 Å². The van der Waals surface area contributed by atoms with Crippen LogP contribution in [0.25, 0.3) is 0 Å². The Hall–Kier alpha value is -2.20. The van der Waals surface area contributed by atoms with Gasteiger partial charge < -0.3 is 15.5 Å². The van der Waals surface area contributed by atoms with Gasteiger partial charge in [0.1, 0.15) is 17.4 Å². The molecule has 0 spiro atoms. The summed E-state index contributed by atoms with van der Waals surface area (Å²) in [4.78, 5) is 11.2. The van der Waals surface area contributed by atoms with Crippen molar-refractivity contribution in [3.8, 4) is 11.5 Å². The van der Waals surface area contributed by atoms with Gasteiger partial charge in [-0.2, -0.15) is 0 Å². The average molecular weight is 434 g/mol. The van der Waals surface area contributed by atoms with Crippen LogP contribution in [0.1, 0.15) is 69.4 Å². The van der Waals surface area contributed by atoms with Crippen molar-refractivity contribution >= 4 is 17.5 Å². The van der Waals surface area contributed by atoms with Crippen LogP contribution in [0.4, 0.5) is 0 Å². The topological polar surface area (TPSA) is 69.6 Å². The van der Waals surface area contributed by atoms with Crippen molar-refractivity contribution in [1.82, 2.24) is 5.32 Å². The average Bonchev–Trinajstić information content (AvgIpc) is 2.58. The molecule has 4 nitrogen and oxygen atoms in total. The second-order valence-electron chi connectivity index (χ2n) is 9.78. The number of rotatable bonds is 3. The fourth-order valence-corrected chi connectivity index (χ4v) is 3.18. The lowest BCUT2D eigenvalue weighted by Gasteiger charge is -2.24. The van der Waals surface area contributed by atoms with Crippen LogP contribution in [-0.4, -0.2) is 22.0 Å². The number of nitrogens with one attached hydrogen (secondary N) is 1. The van der Waals surface area contributed by atoms with Crippen LogP contribution in [0, 0.1) is 13.8 Å². The molecule has 0 fully saturated rings. The van der Waals surface area contributed by atoms with E-state index in [1.165, 1.54) is 5.56 Å². The SMILES string of the molecule is Cc1cc(O)c(CNC(=O)CCl)c(C(C)(C)C)c1.Cc1cc(O)cc(C(C)(C)C)c1. The van der Waals surface area contributed by atoms with Crippen molar-refractivity contribution in [2.75, 3.05) is 5.88 Å². The van der Waals surface area contributed by atoms with E-state index in [9.17, 15) is 15.0 Å². The number of hydrogen-bond donors (Lipinski definition) is 3. The van der Waals surface area contributed by atoms with E-state index in [1.807, 2.05) is 26.0 Å². The number of aryl methyl sites for hydroxylation is 2. The number of alkyl halides is 1. The fourth-order valence-electron chi connectivity index (χ4n) is 3.08. The normalized spacial score (nSPS) is 11.5. The third-order valence-corrected chi connectivity index (χ3v) is 4.93. The highest BCUT2D eigenvalue weighted by atomic mass is 35.5. The number of amides is 1. The number of carbonyl (C=O) groups is 1. The molecule has 0 radical (unpaired) electrons. The monoisotopic (exact) mass is 433 g/mol. The Balaban J connectivity index is 0.000000325. The summed E-state index contributed by atoms with van der Waals surface area (Å²) in [6.45, 7) is 16.9. The number of phenolic OH excluding ortho intramolecular Hbond substituents is 2. The minimum absolute atomic E-state index is 0.0719. The molecule has 0 aliphatic carbocycles. The Morgan fingerprint density at radius 3 is 1.93 bits per heavy atom. The summed E-state index contributed by atoms with van der Waals surface area (Å²) >= 11 is 5.44. The molecule has 0 atom stereocenters. The van der Waals surface area contributed by atoms with E-state index in [-0.39, 0.29) is 28.4 Å². The smallest absolute Gasteiger partial charge is 0.235 e. The van der Waals surface area contributed by atoms with Crippen molar-refractivity contribution in [2.45, 2.75) is 72.8 Å². The highest BCUT2D eigenvalue weighted by Gasteiger charge is 2.21. The van der Waals surface area contributed by atoms with Gasteiger partial charge in [0.15, 0.2) is 0 Å². The molecule has 0 saturated carbocycles. The lowest BCUT2D eigenvalue weighted by Crippen LogP contribution is -2.26. The predicted molar refractivity (Wildman–Crippen MR) is 126 cm³/mol. The summed E-state index contributed by atoms with van der Waals surface area (Å²) in [5, 5.41) is 22.1. The van der Waals surface area contributed by atoms with Crippen molar-refractivity contribution in [3.63, 3.8) is 0 Å². The predicted octanol–water partition coefficient (Wildman–Crippen LogP) is 5.85.